The molecule has 0 N–H and O–H groups in total. The van der Waals surface area contributed by atoms with Crippen molar-refractivity contribution in [2.75, 3.05) is 24.3 Å². The number of aryl methyl sites for hydroxylation is 1. The minimum Gasteiger partial charge on any atom is -0.497 e. The summed E-state index contributed by atoms with van der Waals surface area (Å²) >= 11 is 3.00. The number of thioether (sulfide) groups is 1. The molecule has 2 aromatic carbocycles. The lowest BCUT2D eigenvalue weighted by molar-refractivity contribution is -0.116. The minimum absolute atomic E-state index is 0.0797. The van der Waals surface area contributed by atoms with E-state index in [2.05, 4.69) is 21.2 Å². The number of thiazole rings is 1. The first-order valence-corrected chi connectivity index (χ1v) is 11.7. The van der Waals surface area contributed by atoms with E-state index in [-0.39, 0.29) is 5.91 Å². The van der Waals surface area contributed by atoms with E-state index in [0.717, 1.165) is 50.9 Å². The van der Waals surface area contributed by atoms with Gasteiger partial charge in [-0.05, 0) is 49.2 Å². The van der Waals surface area contributed by atoms with Crippen LogP contribution in [0.4, 0.5) is 5.69 Å². The van der Waals surface area contributed by atoms with Gasteiger partial charge in [0.15, 0.2) is 0 Å². The molecule has 0 saturated heterocycles. The maximum Gasteiger partial charge on any atom is 0.237 e. The summed E-state index contributed by atoms with van der Waals surface area (Å²) in [5.74, 6) is 1.18. The molecule has 5 rings (SSSR count). The Kier molecular flexibility index (Phi) is 5.33. The zero-order valence-corrected chi connectivity index (χ0v) is 18.8. The van der Waals surface area contributed by atoms with E-state index < -0.39 is 0 Å². The fraction of sp³-hybridized carbons (Fsp3) is 0.217. The van der Waals surface area contributed by atoms with Crippen molar-refractivity contribution >= 4 is 44.9 Å². The topological polar surface area (TPSA) is 68.2 Å². The Hall–Kier alpha value is -2.97. The summed E-state index contributed by atoms with van der Waals surface area (Å²) in [4.78, 5) is 19.5. The van der Waals surface area contributed by atoms with Gasteiger partial charge in [-0.2, -0.15) is 0 Å². The van der Waals surface area contributed by atoms with E-state index in [9.17, 15) is 4.79 Å². The van der Waals surface area contributed by atoms with Crippen LogP contribution in [0.2, 0.25) is 0 Å². The van der Waals surface area contributed by atoms with Gasteiger partial charge in [-0.3, -0.25) is 4.79 Å². The molecule has 2 aromatic heterocycles. The smallest absolute Gasteiger partial charge is 0.237 e. The molecule has 0 bridgehead atoms. The molecule has 1 amide bonds. The Morgan fingerprint density at radius 1 is 1.16 bits per heavy atom. The molecule has 0 spiro atoms. The van der Waals surface area contributed by atoms with Crippen LogP contribution in [0.5, 0.6) is 5.75 Å². The van der Waals surface area contributed by atoms with Gasteiger partial charge >= 0.3 is 0 Å². The maximum atomic E-state index is 12.9. The number of benzene rings is 2. The highest BCUT2D eigenvalue weighted by Crippen LogP contribution is 2.36. The monoisotopic (exact) mass is 448 g/mol. The molecule has 156 valence electrons. The normalized spacial score (nSPS) is 12.9. The van der Waals surface area contributed by atoms with Crippen molar-refractivity contribution in [3.05, 3.63) is 59.1 Å². The van der Waals surface area contributed by atoms with E-state index >= 15 is 0 Å². The zero-order chi connectivity index (χ0) is 21.4. The van der Waals surface area contributed by atoms with E-state index in [0.29, 0.717) is 10.8 Å². The third kappa shape index (κ3) is 3.77. The predicted molar refractivity (Wildman–Crippen MR) is 125 cm³/mol. The molecule has 4 aromatic rings. The highest BCUT2D eigenvalue weighted by Gasteiger charge is 2.25. The second kappa shape index (κ2) is 8.28. The number of rotatable bonds is 5. The number of fused-ring (bicyclic) bond motifs is 2. The van der Waals surface area contributed by atoms with Gasteiger partial charge in [-0.1, -0.05) is 30.0 Å². The van der Waals surface area contributed by atoms with Crippen molar-refractivity contribution in [1.82, 2.24) is 15.2 Å². The van der Waals surface area contributed by atoms with Crippen molar-refractivity contribution in [3.8, 4) is 17.0 Å². The van der Waals surface area contributed by atoms with Gasteiger partial charge < -0.3 is 9.64 Å². The van der Waals surface area contributed by atoms with Gasteiger partial charge in [-0.15, -0.1) is 21.5 Å². The molecule has 0 atom stereocenters. The molecular formula is C23H20N4O2S2. The lowest BCUT2D eigenvalue weighted by Crippen LogP contribution is -2.30. The third-order valence-electron chi connectivity index (χ3n) is 5.28. The Morgan fingerprint density at radius 2 is 1.97 bits per heavy atom. The maximum absolute atomic E-state index is 12.9. The molecule has 0 aliphatic carbocycles. The highest BCUT2D eigenvalue weighted by molar-refractivity contribution is 8.00. The van der Waals surface area contributed by atoms with Gasteiger partial charge in [0, 0.05) is 17.8 Å². The number of amides is 1. The van der Waals surface area contributed by atoms with Crippen LogP contribution < -0.4 is 9.64 Å². The van der Waals surface area contributed by atoms with Crippen molar-refractivity contribution in [2.24, 2.45) is 0 Å². The summed E-state index contributed by atoms with van der Waals surface area (Å²) in [6, 6.07) is 15.8. The SMILES string of the molecule is COc1ccc(-c2nnc(SCC(=O)N3CCc4ccccc43)c3nc(C)sc23)cc1. The highest BCUT2D eigenvalue weighted by atomic mass is 32.2. The van der Waals surface area contributed by atoms with Crippen LogP contribution in [0, 0.1) is 6.92 Å². The molecule has 1 aliphatic heterocycles. The van der Waals surface area contributed by atoms with Crippen molar-refractivity contribution in [2.45, 2.75) is 18.4 Å². The molecule has 31 heavy (non-hydrogen) atoms. The lowest BCUT2D eigenvalue weighted by Gasteiger charge is -2.16. The Morgan fingerprint density at radius 3 is 2.77 bits per heavy atom. The largest absolute Gasteiger partial charge is 0.497 e. The van der Waals surface area contributed by atoms with Crippen LogP contribution in [0.3, 0.4) is 0 Å². The molecular weight excluding hydrogens is 428 g/mol. The first-order valence-electron chi connectivity index (χ1n) is 9.93. The quantitative estimate of drug-likeness (QED) is 0.411. The van der Waals surface area contributed by atoms with E-state index in [1.54, 1.807) is 18.4 Å². The van der Waals surface area contributed by atoms with E-state index in [4.69, 9.17) is 4.74 Å². The van der Waals surface area contributed by atoms with Crippen LogP contribution in [-0.4, -0.2) is 40.5 Å². The summed E-state index contributed by atoms with van der Waals surface area (Å²) in [6.45, 7) is 2.70. The number of carbonyl (C=O) groups excluding carboxylic acids is 1. The molecule has 3 heterocycles. The predicted octanol–water partition coefficient (Wildman–Crippen LogP) is 4.75. The number of para-hydroxylation sites is 1. The molecule has 6 nitrogen and oxygen atoms in total. The van der Waals surface area contributed by atoms with Crippen LogP contribution in [-0.2, 0) is 11.2 Å². The van der Waals surface area contributed by atoms with Gasteiger partial charge in [0.1, 0.15) is 22.0 Å². The van der Waals surface area contributed by atoms with Crippen LogP contribution >= 0.6 is 23.1 Å². The Labute approximate surface area is 188 Å². The zero-order valence-electron chi connectivity index (χ0n) is 17.2. The standard InChI is InChI=1S/C23H20N4O2S2/c1-14-24-21-22(31-14)20(16-7-9-17(29-2)10-8-16)25-26-23(21)30-13-19(28)27-12-11-15-5-3-4-6-18(15)27/h3-10H,11-13H2,1-2H3. The van der Waals surface area contributed by atoms with Gasteiger partial charge in [-0.25, -0.2) is 4.98 Å². The van der Waals surface area contributed by atoms with Crippen molar-refractivity contribution < 1.29 is 9.53 Å². The molecule has 0 radical (unpaired) electrons. The first kappa shape index (κ1) is 20.0. The second-order valence-corrected chi connectivity index (χ2v) is 9.37. The summed E-state index contributed by atoms with van der Waals surface area (Å²) in [6.07, 6.45) is 0.901. The average Bonchev–Trinajstić information content (AvgIpc) is 3.41. The number of ether oxygens (including phenoxy) is 1. The summed E-state index contributed by atoms with van der Waals surface area (Å²) in [7, 11) is 1.65. The van der Waals surface area contributed by atoms with Gasteiger partial charge in [0.25, 0.3) is 0 Å². The van der Waals surface area contributed by atoms with Gasteiger partial charge in [0.2, 0.25) is 5.91 Å². The van der Waals surface area contributed by atoms with Gasteiger partial charge in [0.05, 0.1) is 22.6 Å². The molecule has 0 unspecified atom stereocenters. The van der Waals surface area contributed by atoms with Crippen LogP contribution in [0.25, 0.3) is 21.5 Å². The number of aromatic nitrogens is 3. The summed E-state index contributed by atoms with van der Waals surface area (Å²) in [5.41, 5.74) is 4.81. The fourth-order valence-corrected chi connectivity index (χ4v) is 5.55. The lowest BCUT2D eigenvalue weighted by atomic mass is 10.1. The molecule has 8 heteroatoms. The Bertz CT molecular complexity index is 1270. The number of anilines is 1. The second-order valence-electron chi connectivity index (χ2n) is 7.21. The van der Waals surface area contributed by atoms with E-state index in [1.807, 2.05) is 54.3 Å². The minimum atomic E-state index is 0.0797. The van der Waals surface area contributed by atoms with Crippen molar-refractivity contribution in [3.63, 3.8) is 0 Å². The number of carbonyl (C=O) groups is 1. The number of nitrogens with zero attached hydrogens (tertiary/aromatic N) is 4. The van der Waals surface area contributed by atoms with Crippen LogP contribution in [0.15, 0.2) is 53.6 Å². The Balaban J connectivity index is 1.40. The average molecular weight is 449 g/mol. The number of hydrogen-bond acceptors (Lipinski definition) is 7. The molecule has 1 aliphatic rings. The van der Waals surface area contributed by atoms with E-state index in [1.165, 1.54) is 17.3 Å². The number of hydrogen-bond donors (Lipinski definition) is 0. The molecule has 0 fully saturated rings. The number of methoxy groups -OCH3 is 1. The molecule has 0 saturated carbocycles. The van der Waals surface area contributed by atoms with Crippen molar-refractivity contribution in [1.29, 1.82) is 0 Å². The van der Waals surface area contributed by atoms with Crippen LogP contribution in [0.1, 0.15) is 10.6 Å². The fourth-order valence-electron chi connectivity index (χ4n) is 3.76. The first-order chi connectivity index (χ1) is 15.1. The summed E-state index contributed by atoms with van der Waals surface area (Å²) < 4.78 is 6.23. The summed E-state index contributed by atoms with van der Waals surface area (Å²) in [5, 5.41) is 10.6. The third-order valence-corrected chi connectivity index (χ3v) is 7.19.